The van der Waals surface area contributed by atoms with Gasteiger partial charge in [-0.1, -0.05) is 11.6 Å². The molecule has 0 spiro atoms. The minimum absolute atomic E-state index is 0.343. The van der Waals surface area contributed by atoms with Gasteiger partial charge in [0, 0.05) is 19.1 Å². The van der Waals surface area contributed by atoms with Crippen molar-refractivity contribution in [3.63, 3.8) is 0 Å². The number of thiophene rings is 1. The molecule has 0 saturated carbocycles. The Morgan fingerprint density at radius 1 is 1.33 bits per heavy atom. The van der Waals surface area contributed by atoms with E-state index in [9.17, 15) is 8.42 Å². The first-order chi connectivity index (χ1) is 8.41. The van der Waals surface area contributed by atoms with Gasteiger partial charge >= 0.3 is 0 Å². The molecule has 0 aliphatic carbocycles. The maximum absolute atomic E-state index is 12.3. The van der Waals surface area contributed by atoms with Gasteiger partial charge in [0.1, 0.15) is 4.21 Å². The highest BCUT2D eigenvalue weighted by Gasteiger charge is 2.30. The van der Waals surface area contributed by atoms with Crippen LogP contribution in [0.3, 0.4) is 0 Å². The van der Waals surface area contributed by atoms with E-state index in [4.69, 9.17) is 11.6 Å². The van der Waals surface area contributed by atoms with Crippen LogP contribution in [-0.2, 0) is 10.0 Å². The van der Waals surface area contributed by atoms with Gasteiger partial charge in [-0.2, -0.15) is 4.31 Å². The van der Waals surface area contributed by atoms with Crippen LogP contribution in [0.25, 0.3) is 0 Å². The number of sulfonamides is 1. The van der Waals surface area contributed by atoms with Crippen molar-refractivity contribution in [2.75, 3.05) is 27.2 Å². The summed E-state index contributed by atoms with van der Waals surface area (Å²) in [6.07, 6.45) is 1.76. The third kappa shape index (κ3) is 2.88. The molecular weight excluding hydrogens is 292 g/mol. The van der Waals surface area contributed by atoms with E-state index >= 15 is 0 Å². The molecule has 0 atom stereocenters. The summed E-state index contributed by atoms with van der Waals surface area (Å²) < 4.78 is 27.1. The van der Waals surface area contributed by atoms with E-state index in [0.717, 1.165) is 24.2 Å². The molecule has 18 heavy (non-hydrogen) atoms. The van der Waals surface area contributed by atoms with Crippen LogP contribution in [0.5, 0.6) is 0 Å². The fourth-order valence-electron chi connectivity index (χ4n) is 2.16. The lowest BCUT2D eigenvalue weighted by Crippen LogP contribution is -2.44. The Balaban J connectivity index is 2.09. The van der Waals surface area contributed by atoms with Crippen LogP contribution in [0.2, 0.25) is 4.34 Å². The van der Waals surface area contributed by atoms with E-state index < -0.39 is 10.0 Å². The Bertz CT molecular complexity index is 505. The van der Waals surface area contributed by atoms with E-state index in [0.29, 0.717) is 27.7 Å². The third-order valence-corrected chi connectivity index (χ3v) is 6.89. The average Bonchev–Trinajstić information content (AvgIpc) is 2.76. The standard InChI is InChI=1S/C11H17ClN2O2S2/c1-13(2)9-5-7-14(8-6-9)18(15,16)11-4-3-10(12)17-11/h3-4,9H,5-8H2,1-2H3. The molecule has 0 aromatic carbocycles. The molecule has 1 aliphatic heterocycles. The predicted octanol–water partition coefficient (Wildman–Crippen LogP) is 2.12. The first-order valence-electron chi connectivity index (χ1n) is 5.83. The number of halogens is 1. The Labute approximate surface area is 117 Å². The smallest absolute Gasteiger partial charge is 0.252 e. The van der Waals surface area contributed by atoms with Gasteiger partial charge in [0.2, 0.25) is 0 Å². The van der Waals surface area contributed by atoms with Crippen LogP contribution in [-0.4, -0.2) is 50.8 Å². The maximum Gasteiger partial charge on any atom is 0.252 e. The molecule has 1 saturated heterocycles. The van der Waals surface area contributed by atoms with Gasteiger partial charge in [0.15, 0.2) is 0 Å². The molecule has 2 rings (SSSR count). The second-order valence-electron chi connectivity index (χ2n) is 4.66. The SMILES string of the molecule is CN(C)C1CCN(S(=O)(=O)c2ccc(Cl)s2)CC1. The minimum Gasteiger partial charge on any atom is -0.306 e. The maximum atomic E-state index is 12.3. The fraction of sp³-hybridized carbons (Fsp3) is 0.636. The van der Waals surface area contributed by atoms with Crippen molar-refractivity contribution in [3.8, 4) is 0 Å². The molecule has 7 heteroatoms. The van der Waals surface area contributed by atoms with Gasteiger partial charge in [-0.15, -0.1) is 11.3 Å². The predicted molar refractivity (Wildman–Crippen MR) is 74.8 cm³/mol. The van der Waals surface area contributed by atoms with Crippen molar-refractivity contribution < 1.29 is 8.42 Å². The largest absolute Gasteiger partial charge is 0.306 e. The average molecular weight is 309 g/mol. The van der Waals surface area contributed by atoms with Crippen LogP contribution in [0, 0.1) is 0 Å². The zero-order chi connectivity index (χ0) is 13.3. The Morgan fingerprint density at radius 3 is 2.39 bits per heavy atom. The molecule has 1 aromatic rings. The van der Waals surface area contributed by atoms with Gasteiger partial charge in [0.25, 0.3) is 10.0 Å². The van der Waals surface area contributed by atoms with Crippen LogP contribution >= 0.6 is 22.9 Å². The van der Waals surface area contributed by atoms with Gasteiger partial charge in [-0.3, -0.25) is 0 Å². The Hall–Kier alpha value is -0.140. The van der Waals surface area contributed by atoms with Gasteiger partial charge in [0.05, 0.1) is 4.34 Å². The van der Waals surface area contributed by atoms with E-state index in [1.54, 1.807) is 16.4 Å². The molecule has 0 bridgehead atoms. The van der Waals surface area contributed by atoms with Gasteiger partial charge < -0.3 is 4.90 Å². The van der Waals surface area contributed by atoms with E-state index in [2.05, 4.69) is 4.90 Å². The van der Waals surface area contributed by atoms with Crippen molar-refractivity contribution in [1.82, 2.24) is 9.21 Å². The highest BCUT2D eigenvalue weighted by Crippen LogP contribution is 2.29. The Kier molecular flexibility index (Phi) is 4.33. The summed E-state index contributed by atoms with van der Waals surface area (Å²) in [4.78, 5) is 2.16. The van der Waals surface area contributed by atoms with Crippen LogP contribution < -0.4 is 0 Å². The molecule has 1 fully saturated rings. The zero-order valence-corrected chi connectivity index (χ0v) is 12.9. The van der Waals surface area contributed by atoms with E-state index in [1.165, 1.54) is 0 Å². The number of hydrogen-bond donors (Lipinski definition) is 0. The molecule has 0 amide bonds. The van der Waals surface area contributed by atoms with Crippen LogP contribution in [0.4, 0.5) is 0 Å². The van der Waals surface area contributed by atoms with Gasteiger partial charge in [-0.25, -0.2) is 8.42 Å². The first-order valence-corrected chi connectivity index (χ1v) is 8.46. The number of hydrogen-bond acceptors (Lipinski definition) is 4. The van der Waals surface area contributed by atoms with Crippen molar-refractivity contribution in [2.24, 2.45) is 0 Å². The molecule has 0 radical (unpaired) electrons. The summed E-state index contributed by atoms with van der Waals surface area (Å²) in [6, 6.07) is 3.69. The molecule has 0 unspecified atom stereocenters. The van der Waals surface area contributed by atoms with E-state index in [1.807, 2.05) is 14.1 Å². The lowest BCUT2D eigenvalue weighted by atomic mass is 10.1. The van der Waals surface area contributed by atoms with Crippen molar-refractivity contribution >= 4 is 33.0 Å². The van der Waals surface area contributed by atoms with Crippen LogP contribution in [0.1, 0.15) is 12.8 Å². The molecule has 1 aromatic heterocycles. The number of nitrogens with zero attached hydrogens (tertiary/aromatic N) is 2. The van der Waals surface area contributed by atoms with Crippen molar-refractivity contribution in [3.05, 3.63) is 16.5 Å². The summed E-state index contributed by atoms with van der Waals surface area (Å²) in [7, 11) is 0.730. The highest BCUT2D eigenvalue weighted by molar-refractivity contribution is 7.91. The summed E-state index contributed by atoms with van der Waals surface area (Å²) in [5.41, 5.74) is 0. The number of piperidine rings is 1. The molecule has 2 heterocycles. The summed E-state index contributed by atoms with van der Waals surface area (Å²) >= 11 is 6.92. The molecule has 1 aliphatic rings. The topological polar surface area (TPSA) is 40.6 Å². The third-order valence-electron chi connectivity index (χ3n) is 3.30. The Morgan fingerprint density at radius 2 is 1.94 bits per heavy atom. The molecular formula is C11H17ClN2O2S2. The lowest BCUT2D eigenvalue weighted by Gasteiger charge is -2.34. The molecule has 102 valence electrons. The van der Waals surface area contributed by atoms with Crippen LogP contribution in [0.15, 0.2) is 16.3 Å². The zero-order valence-electron chi connectivity index (χ0n) is 10.5. The number of rotatable bonds is 3. The lowest BCUT2D eigenvalue weighted by molar-refractivity contribution is 0.197. The quantitative estimate of drug-likeness (QED) is 0.859. The summed E-state index contributed by atoms with van der Waals surface area (Å²) in [5.74, 6) is 0. The second-order valence-corrected chi connectivity index (χ2v) is 8.54. The normalized spacial score (nSPS) is 19.6. The summed E-state index contributed by atoms with van der Waals surface area (Å²) in [5, 5.41) is 0. The summed E-state index contributed by atoms with van der Waals surface area (Å²) in [6.45, 7) is 1.17. The fourth-order valence-corrected chi connectivity index (χ4v) is 5.27. The highest BCUT2D eigenvalue weighted by atomic mass is 35.5. The first kappa shape index (κ1) is 14.3. The molecule has 0 N–H and O–H groups in total. The monoisotopic (exact) mass is 308 g/mol. The van der Waals surface area contributed by atoms with E-state index in [-0.39, 0.29) is 0 Å². The van der Waals surface area contributed by atoms with Crippen molar-refractivity contribution in [1.29, 1.82) is 0 Å². The van der Waals surface area contributed by atoms with Gasteiger partial charge in [-0.05, 0) is 39.1 Å². The second kappa shape index (κ2) is 5.46. The minimum atomic E-state index is -3.34. The van der Waals surface area contributed by atoms with Crippen molar-refractivity contribution in [2.45, 2.75) is 23.1 Å². The molecule has 4 nitrogen and oxygen atoms in total.